The molecule has 9 nitrogen and oxygen atoms in total. The normalized spacial score (nSPS) is 21.8. The van der Waals surface area contributed by atoms with Gasteiger partial charge < -0.3 is 23.7 Å². The number of esters is 2. The van der Waals surface area contributed by atoms with Crippen LogP contribution in [0.25, 0.3) is 22.1 Å². The first-order valence-electron chi connectivity index (χ1n) is 13.8. The van der Waals surface area contributed by atoms with Crippen molar-refractivity contribution in [3.63, 3.8) is 0 Å². The molecule has 0 saturated carbocycles. The van der Waals surface area contributed by atoms with E-state index in [1.54, 1.807) is 31.4 Å². The van der Waals surface area contributed by atoms with E-state index in [9.17, 15) is 9.59 Å². The van der Waals surface area contributed by atoms with Gasteiger partial charge in [0.15, 0.2) is 11.5 Å². The Hall–Kier alpha value is -4.89. The Morgan fingerprint density at radius 1 is 0.884 bits per heavy atom. The number of para-hydroxylation sites is 2. The molecular weight excluding hydrogens is 572 g/mol. The molecule has 0 bridgehead atoms. The number of carbonyl (C=O) groups is 2. The molecule has 10 heteroatoms. The van der Waals surface area contributed by atoms with Gasteiger partial charge in [0.2, 0.25) is 6.79 Å². The quantitative estimate of drug-likeness (QED) is 0.183. The molecule has 1 fully saturated rings. The average Bonchev–Trinajstić information content (AvgIpc) is 3.65. The third-order valence-corrected chi connectivity index (χ3v) is 8.79. The molecule has 2 aliphatic heterocycles. The van der Waals surface area contributed by atoms with Crippen molar-refractivity contribution in [1.82, 2.24) is 9.97 Å². The van der Waals surface area contributed by atoms with Crippen molar-refractivity contribution in [3.05, 3.63) is 100 Å². The molecule has 43 heavy (non-hydrogen) atoms. The van der Waals surface area contributed by atoms with Crippen LogP contribution in [0.3, 0.4) is 0 Å². The summed E-state index contributed by atoms with van der Waals surface area (Å²) >= 11 is 6.32. The Morgan fingerprint density at radius 3 is 2.37 bits per heavy atom. The molecule has 3 heterocycles. The Labute approximate surface area is 250 Å². The van der Waals surface area contributed by atoms with Crippen molar-refractivity contribution in [1.29, 1.82) is 0 Å². The zero-order valence-electron chi connectivity index (χ0n) is 22.8. The Balaban J connectivity index is 1.32. The molecule has 0 radical (unpaired) electrons. The van der Waals surface area contributed by atoms with Gasteiger partial charge >= 0.3 is 11.9 Å². The molecule has 0 unspecified atom stereocenters. The highest BCUT2D eigenvalue weighted by Crippen LogP contribution is 2.56. The van der Waals surface area contributed by atoms with Gasteiger partial charge in [-0.2, -0.15) is 0 Å². The number of methoxy groups -OCH3 is 1. The maximum absolute atomic E-state index is 13.5. The molecule has 4 atom stereocenters. The first kappa shape index (κ1) is 25.8. The summed E-state index contributed by atoms with van der Waals surface area (Å²) in [5, 5.41) is 0.277. The van der Waals surface area contributed by atoms with E-state index in [1.807, 2.05) is 48.5 Å². The number of aromatic nitrogens is 2. The monoisotopic (exact) mass is 594 g/mol. The van der Waals surface area contributed by atoms with Crippen molar-refractivity contribution in [2.24, 2.45) is 11.8 Å². The van der Waals surface area contributed by atoms with Crippen LogP contribution in [0.4, 0.5) is 0 Å². The van der Waals surface area contributed by atoms with Crippen LogP contribution in [0.1, 0.15) is 39.1 Å². The number of benzene rings is 4. The maximum atomic E-state index is 13.5. The minimum atomic E-state index is -0.799. The fraction of sp³-hybridized carbons (Fsp3) is 0.212. The second-order valence-corrected chi connectivity index (χ2v) is 11.1. The molecular formula is C33H23ClN2O7. The molecule has 3 aliphatic rings. The fourth-order valence-electron chi connectivity index (χ4n) is 6.52. The maximum Gasteiger partial charge on any atom is 0.340 e. The molecule has 1 aromatic heterocycles. The van der Waals surface area contributed by atoms with Crippen molar-refractivity contribution in [2.75, 3.05) is 20.5 Å². The van der Waals surface area contributed by atoms with Gasteiger partial charge in [-0.25, -0.2) is 14.8 Å². The van der Waals surface area contributed by atoms with Crippen molar-refractivity contribution < 1.29 is 33.3 Å². The van der Waals surface area contributed by atoms with E-state index in [-0.39, 0.29) is 30.0 Å². The van der Waals surface area contributed by atoms with Gasteiger partial charge in [-0.15, -0.1) is 0 Å². The highest BCUT2D eigenvalue weighted by molar-refractivity contribution is 6.33. The highest BCUT2D eigenvalue weighted by Gasteiger charge is 2.54. The zero-order valence-corrected chi connectivity index (χ0v) is 23.5. The number of hydrogen-bond acceptors (Lipinski definition) is 9. The summed E-state index contributed by atoms with van der Waals surface area (Å²) in [4.78, 5) is 36.6. The van der Waals surface area contributed by atoms with Crippen LogP contribution in [0.5, 0.6) is 17.2 Å². The predicted molar refractivity (Wildman–Crippen MR) is 156 cm³/mol. The summed E-state index contributed by atoms with van der Waals surface area (Å²) in [5.74, 6) is -0.967. The number of hydrogen-bond donors (Lipinski definition) is 0. The van der Waals surface area contributed by atoms with Crippen LogP contribution in [0.15, 0.2) is 72.8 Å². The summed E-state index contributed by atoms with van der Waals surface area (Å²) in [6, 6.07) is 21.9. The lowest BCUT2D eigenvalue weighted by Gasteiger charge is -2.38. The lowest BCUT2D eigenvalue weighted by atomic mass is 9.66. The standard InChI is InChI=1S/C33H23ClN2O7/c1-39-27-11-16(10-24-30(27)36-23-9-5-4-8-22(23)35-24)28-18-12-25-26(42-15-41-25)13-19(18)31(20-14-40-33(38)29(20)28)43-32(37)17-6-2-3-7-21(17)34/h2-13,20,28-29,31H,14-15H2,1H3/t20-,28+,29-,31+/m0/s1. The number of nitrogens with zero attached hydrogens (tertiary/aromatic N) is 2. The van der Waals surface area contributed by atoms with Gasteiger partial charge in [-0.1, -0.05) is 35.9 Å². The number of ether oxygens (including phenoxy) is 5. The molecule has 8 rings (SSSR count). The van der Waals surface area contributed by atoms with Gasteiger partial charge in [0, 0.05) is 17.4 Å². The van der Waals surface area contributed by atoms with E-state index in [2.05, 4.69) is 0 Å². The van der Waals surface area contributed by atoms with Crippen LogP contribution < -0.4 is 14.2 Å². The summed E-state index contributed by atoms with van der Waals surface area (Å²) in [6.45, 7) is 0.151. The van der Waals surface area contributed by atoms with Gasteiger partial charge in [0.25, 0.3) is 0 Å². The van der Waals surface area contributed by atoms with E-state index in [0.717, 1.165) is 22.2 Å². The van der Waals surface area contributed by atoms with E-state index in [0.29, 0.717) is 33.8 Å². The minimum Gasteiger partial charge on any atom is -0.494 e. The Morgan fingerprint density at radius 2 is 1.60 bits per heavy atom. The molecule has 1 aliphatic carbocycles. The van der Waals surface area contributed by atoms with Gasteiger partial charge in [-0.05, 0) is 59.7 Å². The third-order valence-electron chi connectivity index (χ3n) is 8.46. The fourth-order valence-corrected chi connectivity index (χ4v) is 6.73. The molecule has 4 aromatic carbocycles. The average molecular weight is 595 g/mol. The Bertz CT molecular complexity index is 1980. The van der Waals surface area contributed by atoms with Crippen LogP contribution in [0, 0.1) is 11.8 Å². The Kier molecular flexibility index (Phi) is 5.90. The second kappa shape index (κ2) is 9.84. The molecule has 1 saturated heterocycles. The molecule has 5 aromatic rings. The highest BCUT2D eigenvalue weighted by atomic mass is 35.5. The summed E-state index contributed by atoms with van der Waals surface area (Å²) in [7, 11) is 1.58. The topological polar surface area (TPSA) is 106 Å². The number of fused-ring (bicyclic) bond motifs is 5. The first-order valence-corrected chi connectivity index (χ1v) is 14.2. The third kappa shape index (κ3) is 4.06. The van der Waals surface area contributed by atoms with Gasteiger partial charge in [0.1, 0.15) is 17.4 Å². The minimum absolute atomic E-state index is 0.0638. The lowest BCUT2D eigenvalue weighted by Crippen LogP contribution is -2.36. The van der Waals surface area contributed by atoms with Crippen molar-refractivity contribution in [2.45, 2.75) is 12.0 Å². The van der Waals surface area contributed by atoms with Crippen LogP contribution in [0.2, 0.25) is 5.02 Å². The SMILES string of the molecule is COc1cc([C@@H]2c3cc4c(cc3[C@@H](OC(=O)c3ccccc3Cl)[C@H]3COC(=O)[C@H]23)OCO4)cc2nc3ccccc3nc12. The van der Waals surface area contributed by atoms with Crippen molar-refractivity contribution in [3.8, 4) is 17.2 Å². The van der Waals surface area contributed by atoms with Crippen LogP contribution in [-0.2, 0) is 14.3 Å². The largest absolute Gasteiger partial charge is 0.494 e. The van der Waals surface area contributed by atoms with Gasteiger partial charge in [-0.3, -0.25) is 4.79 Å². The lowest BCUT2D eigenvalue weighted by molar-refractivity contribution is -0.141. The van der Waals surface area contributed by atoms with E-state index < -0.39 is 29.8 Å². The summed E-state index contributed by atoms with van der Waals surface area (Å²) in [6.07, 6.45) is -0.799. The molecule has 0 amide bonds. The predicted octanol–water partition coefficient (Wildman–Crippen LogP) is 6.01. The molecule has 0 spiro atoms. The smallest absolute Gasteiger partial charge is 0.340 e. The van der Waals surface area contributed by atoms with Crippen LogP contribution >= 0.6 is 11.6 Å². The number of rotatable bonds is 4. The van der Waals surface area contributed by atoms with E-state index in [1.165, 1.54) is 0 Å². The second-order valence-electron chi connectivity index (χ2n) is 10.7. The molecule has 0 N–H and O–H groups in total. The van der Waals surface area contributed by atoms with E-state index in [4.69, 9.17) is 45.3 Å². The number of carbonyl (C=O) groups excluding carboxylic acids is 2. The summed E-state index contributed by atoms with van der Waals surface area (Å²) < 4.78 is 29.1. The first-order chi connectivity index (χ1) is 21.0. The van der Waals surface area contributed by atoms with Gasteiger partial charge in [0.05, 0.1) is 46.8 Å². The number of cyclic esters (lactones) is 1. The van der Waals surface area contributed by atoms with Crippen LogP contribution in [-0.4, -0.2) is 42.4 Å². The molecule has 214 valence electrons. The van der Waals surface area contributed by atoms with Crippen molar-refractivity contribution >= 4 is 45.6 Å². The van der Waals surface area contributed by atoms with E-state index >= 15 is 0 Å². The number of halogens is 1. The zero-order chi connectivity index (χ0) is 29.2. The summed E-state index contributed by atoms with van der Waals surface area (Å²) in [5.41, 5.74) is 5.23.